The fraction of sp³-hybridized carbons (Fsp3) is 0.364. The van der Waals surface area contributed by atoms with Crippen molar-refractivity contribution in [3.8, 4) is 22.4 Å². The Hall–Kier alpha value is -2.89. The van der Waals surface area contributed by atoms with Crippen molar-refractivity contribution in [3.05, 3.63) is 53.2 Å². The number of alkyl halides is 3. The van der Waals surface area contributed by atoms with Crippen molar-refractivity contribution < 1.29 is 36.9 Å². The van der Waals surface area contributed by atoms with Gasteiger partial charge in [0, 0.05) is 22.9 Å². The van der Waals surface area contributed by atoms with Crippen LogP contribution in [0.5, 0.6) is 0 Å². The van der Waals surface area contributed by atoms with Gasteiger partial charge in [0.15, 0.2) is 11.8 Å². The van der Waals surface area contributed by atoms with Gasteiger partial charge in [-0.1, -0.05) is 17.7 Å². The van der Waals surface area contributed by atoms with Crippen LogP contribution < -0.4 is 0 Å². The van der Waals surface area contributed by atoms with Gasteiger partial charge in [0.05, 0.1) is 42.3 Å². The van der Waals surface area contributed by atoms with Crippen molar-refractivity contribution in [2.24, 2.45) is 0 Å². The Morgan fingerprint density at radius 3 is 2.59 bits per heavy atom. The minimum atomic E-state index is -4.88. The molecule has 182 valence electrons. The van der Waals surface area contributed by atoms with Gasteiger partial charge in [-0.05, 0) is 32.0 Å². The molecular weight excluding hydrogens is 482 g/mol. The summed E-state index contributed by atoms with van der Waals surface area (Å²) in [6.07, 6.45) is -4.30. The minimum absolute atomic E-state index is 0.0123. The molecule has 3 heterocycles. The second kappa shape index (κ2) is 8.71. The van der Waals surface area contributed by atoms with E-state index in [2.05, 4.69) is 5.10 Å². The lowest BCUT2D eigenvalue weighted by molar-refractivity contribution is -0.144. The molecule has 2 aromatic heterocycles. The number of halogens is 5. The van der Waals surface area contributed by atoms with E-state index in [1.165, 1.54) is 32.0 Å². The molecule has 0 saturated carbocycles. The van der Waals surface area contributed by atoms with E-state index in [9.17, 15) is 27.5 Å². The third-order valence-corrected chi connectivity index (χ3v) is 5.38. The highest BCUT2D eigenvalue weighted by Gasteiger charge is 2.41. The number of carbonyl (C=O) groups excluding carboxylic acids is 1. The third-order valence-electron chi connectivity index (χ3n) is 5.06. The molecular formula is C22H20ClF4N3O4. The molecule has 1 aromatic carbocycles. The second-order valence-corrected chi connectivity index (χ2v) is 8.91. The molecule has 0 aliphatic carbocycles. The summed E-state index contributed by atoms with van der Waals surface area (Å²) in [5.74, 6) is -0.717. The highest BCUT2D eigenvalue weighted by atomic mass is 35.5. The molecule has 1 N–H and O–H groups in total. The van der Waals surface area contributed by atoms with E-state index < -0.39 is 47.6 Å². The van der Waals surface area contributed by atoms with Crippen molar-refractivity contribution in [2.45, 2.75) is 38.3 Å². The van der Waals surface area contributed by atoms with Crippen molar-refractivity contribution >= 4 is 17.7 Å². The first-order valence-electron chi connectivity index (χ1n) is 10.2. The largest absolute Gasteiger partial charge is 0.441 e. The first kappa shape index (κ1) is 24.2. The number of hydrogen-bond donors (Lipinski definition) is 1. The van der Waals surface area contributed by atoms with Gasteiger partial charge in [-0.15, -0.1) is 0 Å². The summed E-state index contributed by atoms with van der Waals surface area (Å²) in [5, 5.41) is 13.9. The van der Waals surface area contributed by atoms with Gasteiger partial charge in [-0.25, -0.2) is 9.18 Å². The topological polar surface area (TPSA) is 78.5 Å². The molecule has 0 amide bonds. The standard InChI is InChI=1S/C22H20ClF4N3O4/c1-21(2,32)11-30-19(22(25,26)27)14(7-28-30)17-6-12(18-15(23)4-3-5-16(18)24)8-29(17)20(31)34-13-9-33-10-13/h3-8,13,32H,9-11H2,1-2H3. The van der Waals surface area contributed by atoms with Crippen LogP contribution in [0.3, 0.4) is 0 Å². The van der Waals surface area contributed by atoms with Crippen molar-refractivity contribution in [1.82, 2.24) is 14.3 Å². The monoisotopic (exact) mass is 501 g/mol. The second-order valence-electron chi connectivity index (χ2n) is 8.50. The number of nitrogens with zero attached hydrogens (tertiary/aromatic N) is 3. The van der Waals surface area contributed by atoms with Crippen LogP contribution in [-0.2, 0) is 22.2 Å². The lowest BCUT2D eigenvalue weighted by atomic mass is 10.1. The number of hydrogen-bond acceptors (Lipinski definition) is 5. The van der Waals surface area contributed by atoms with Crippen molar-refractivity contribution in [1.29, 1.82) is 0 Å². The van der Waals surface area contributed by atoms with E-state index >= 15 is 0 Å². The summed E-state index contributed by atoms with van der Waals surface area (Å²) in [6.45, 7) is 2.54. The molecule has 0 atom stereocenters. The minimum Gasteiger partial charge on any atom is -0.441 e. The Labute approximate surface area is 196 Å². The van der Waals surface area contributed by atoms with Gasteiger partial charge in [-0.3, -0.25) is 9.25 Å². The molecule has 7 nitrogen and oxygen atoms in total. The molecule has 34 heavy (non-hydrogen) atoms. The maximum Gasteiger partial charge on any atom is 0.433 e. The average molecular weight is 502 g/mol. The highest BCUT2D eigenvalue weighted by molar-refractivity contribution is 6.33. The zero-order valence-electron chi connectivity index (χ0n) is 18.1. The first-order chi connectivity index (χ1) is 15.8. The Morgan fingerprint density at radius 2 is 2.03 bits per heavy atom. The van der Waals surface area contributed by atoms with Crippen LogP contribution in [0, 0.1) is 5.82 Å². The van der Waals surface area contributed by atoms with Gasteiger partial charge in [-0.2, -0.15) is 18.3 Å². The molecule has 1 saturated heterocycles. The molecule has 4 rings (SSSR count). The van der Waals surface area contributed by atoms with Crippen LogP contribution in [0.1, 0.15) is 19.5 Å². The van der Waals surface area contributed by atoms with Crippen LogP contribution in [0.15, 0.2) is 36.7 Å². The molecule has 0 spiro atoms. The number of aliphatic hydroxyl groups is 1. The Morgan fingerprint density at radius 1 is 1.32 bits per heavy atom. The zero-order valence-corrected chi connectivity index (χ0v) is 18.8. The Balaban J connectivity index is 1.90. The van der Waals surface area contributed by atoms with Crippen LogP contribution >= 0.6 is 11.6 Å². The fourth-order valence-electron chi connectivity index (χ4n) is 3.57. The number of benzene rings is 1. The lowest BCUT2D eigenvalue weighted by Gasteiger charge is -2.26. The van der Waals surface area contributed by atoms with Crippen LogP contribution in [0.25, 0.3) is 22.4 Å². The quantitative estimate of drug-likeness (QED) is 0.499. The van der Waals surface area contributed by atoms with E-state index in [4.69, 9.17) is 21.1 Å². The Kier molecular flexibility index (Phi) is 6.21. The number of carbonyl (C=O) groups is 1. The summed E-state index contributed by atoms with van der Waals surface area (Å²) in [6, 6.07) is 5.16. The average Bonchev–Trinajstić information content (AvgIpc) is 3.27. The number of rotatable bonds is 5. The molecule has 3 aromatic rings. The number of aromatic nitrogens is 3. The maximum atomic E-state index is 14.6. The lowest BCUT2D eigenvalue weighted by Crippen LogP contribution is -2.38. The van der Waals surface area contributed by atoms with Gasteiger partial charge in [0.1, 0.15) is 5.82 Å². The fourth-order valence-corrected chi connectivity index (χ4v) is 3.84. The predicted molar refractivity (Wildman–Crippen MR) is 114 cm³/mol. The van der Waals surface area contributed by atoms with Crippen LogP contribution in [0.2, 0.25) is 5.02 Å². The van der Waals surface area contributed by atoms with Crippen molar-refractivity contribution in [3.63, 3.8) is 0 Å². The normalized spacial score (nSPS) is 14.8. The number of ether oxygens (including phenoxy) is 2. The maximum absolute atomic E-state index is 14.6. The summed E-state index contributed by atoms with van der Waals surface area (Å²) in [7, 11) is 0. The summed E-state index contributed by atoms with van der Waals surface area (Å²) in [5.41, 5.74) is -3.36. The molecule has 1 fully saturated rings. The molecule has 1 aliphatic rings. The highest BCUT2D eigenvalue weighted by Crippen LogP contribution is 2.41. The van der Waals surface area contributed by atoms with E-state index in [0.717, 1.165) is 23.0 Å². The van der Waals surface area contributed by atoms with E-state index in [1.807, 2.05) is 0 Å². The van der Waals surface area contributed by atoms with E-state index in [1.54, 1.807) is 0 Å². The van der Waals surface area contributed by atoms with Gasteiger partial charge in [0.2, 0.25) is 0 Å². The molecule has 0 unspecified atom stereocenters. The smallest absolute Gasteiger partial charge is 0.433 e. The van der Waals surface area contributed by atoms with Crippen molar-refractivity contribution in [2.75, 3.05) is 13.2 Å². The first-order valence-corrected chi connectivity index (χ1v) is 10.5. The van der Waals surface area contributed by atoms with E-state index in [-0.39, 0.29) is 35.1 Å². The van der Waals surface area contributed by atoms with Gasteiger partial charge in [0.25, 0.3) is 0 Å². The Bertz CT molecular complexity index is 1210. The van der Waals surface area contributed by atoms with E-state index in [0.29, 0.717) is 4.68 Å². The predicted octanol–water partition coefficient (Wildman–Crippen LogP) is 4.98. The molecule has 1 aliphatic heterocycles. The van der Waals surface area contributed by atoms with Gasteiger partial charge >= 0.3 is 12.3 Å². The summed E-state index contributed by atoms with van der Waals surface area (Å²) in [4.78, 5) is 12.9. The zero-order chi connectivity index (χ0) is 24.8. The summed E-state index contributed by atoms with van der Waals surface area (Å²) < 4.78 is 68.6. The van der Waals surface area contributed by atoms with Crippen LogP contribution in [-0.4, -0.2) is 50.5 Å². The van der Waals surface area contributed by atoms with Crippen LogP contribution in [0.4, 0.5) is 22.4 Å². The van der Waals surface area contributed by atoms with Gasteiger partial charge < -0.3 is 14.6 Å². The molecule has 12 heteroatoms. The third kappa shape index (κ3) is 4.82. The molecule has 0 radical (unpaired) electrons. The molecule has 0 bridgehead atoms. The summed E-state index contributed by atoms with van der Waals surface area (Å²) >= 11 is 6.14. The SMILES string of the molecule is CC(C)(O)Cn1ncc(-c2cc(-c3c(F)cccc3Cl)cn2C(=O)OC2COC2)c1C(F)(F)F.